The minimum atomic E-state index is -0.739. The summed E-state index contributed by atoms with van der Waals surface area (Å²) in [4.78, 5) is 24.3. The first-order chi connectivity index (χ1) is 16.0. The fourth-order valence-electron chi connectivity index (χ4n) is 4.27. The third-order valence-electron chi connectivity index (χ3n) is 6.23. The van der Waals surface area contributed by atoms with Gasteiger partial charge in [-0.1, -0.05) is 60.7 Å². The summed E-state index contributed by atoms with van der Waals surface area (Å²) in [7, 11) is 0. The number of amides is 2. The summed E-state index contributed by atoms with van der Waals surface area (Å²) in [5, 5.41) is 16.0. The minimum absolute atomic E-state index is 0.0268. The van der Waals surface area contributed by atoms with E-state index in [1.54, 1.807) is 6.92 Å². The first kappa shape index (κ1) is 23.2. The average Bonchev–Trinajstić information content (AvgIpc) is 3.56. The molecule has 2 aromatic rings. The van der Waals surface area contributed by atoms with E-state index in [4.69, 9.17) is 14.2 Å². The lowest BCUT2D eigenvalue weighted by Crippen LogP contribution is -2.45. The van der Waals surface area contributed by atoms with Crippen LogP contribution in [0.4, 0.5) is 4.79 Å². The molecule has 8 heteroatoms. The van der Waals surface area contributed by atoms with Gasteiger partial charge < -0.3 is 30.0 Å². The summed E-state index contributed by atoms with van der Waals surface area (Å²) < 4.78 is 16.6. The topological polar surface area (TPSA) is 106 Å². The van der Waals surface area contributed by atoms with E-state index in [1.807, 2.05) is 60.7 Å². The van der Waals surface area contributed by atoms with Crippen LogP contribution in [0.25, 0.3) is 0 Å². The predicted octanol–water partition coefficient (Wildman–Crippen LogP) is 2.21. The normalized spacial score (nSPS) is 26.5. The molecule has 176 valence electrons. The number of ether oxygens (including phenoxy) is 3. The Balaban J connectivity index is 1.16. The highest BCUT2D eigenvalue weighted by molar-refractivity contribution is 5.85. The smallest absolute Gasteiger partial charge is 0.408 e. The molecule has 3 N–H and O–H groups in total. The molecule has 1 saturated heterocycles. The molecule has 1 aliphatic heterocycles. The largest absolute Gasteiger partial charge is 0.445 e. The van der Waals surface area contributed by atoms with Gasteiger partial charge in [-0.05, 0) is 29.9 Å². The Kier molecular flexibility index (Phi) is 7.59. The van der Waals surface area contributed by atoms with Crippen molar-refractivity contribution in [3.63, 3.8) is 0 Å². The molecule has 0 unspecified atom stereocenters. The predicted molar refractivity (Wildman–Crippen MR) is 120 cm³/mol. The summed E-state index contributed by atoms with van der Waals surface area (Å²) in [5.41, 5.74) is 1.88. The molecule has 6 atom stereocenters. The number of alkyl carbamates (subject to hydrolysis) is 1. The molecule has 8 nitrogen and oxygen atoms in total. The quantitative estimate of drug-likeness (QED) is 0.537. The molecule has 0 spiro atoms. The van der Waals surface area contributed by atoms with Gasteiger partial charge >= 0.3 is 6.09 Å². The van der Waals surface area contributed by atoms with E-state index in [2.05, 4.69) is 10.6 Å². The number of carbonyl (C=O) groups is 2. The van der Waals surface area contributed by atoms with Gasteiger partial charge in [0.1, 0.15) is 18.8 Å². The second-order valence-corrected chi connectivity index (χ2v) is 8.57. The van der Waals surface area contributed by atoms with Gasteiger partial charge in [0.2, 0.25) is 5.91 Å². The van der Waals surface area contributed by atoms with Gasteiger partial charge in [-0.25, -0.2) is 4.79 Å². The lowest BCUT2D eigenvalue weighted by Gasteiger charge is -2.27. The van der Waals surface area contributed by atoms with Gasteiger partial charge in [0.15, 0.2) is 6.29 Å². The van der Waals surface area contributed by atoms with Crippen LogP contribution in [-0.2, 0) is 32.2 Å². The molecule has 0 bridgehead atoms. The molecule has 0 radical (unpaired) electrons. The van der Waals surface area contributed by atoms with E-state index in [1.165, 1.54) is 0 Å². The van der Waals surface area contributed by atoms with Crippen molar-refractivity contribution in [2.75, 3.05) is 13.2 Å². The van der Waals surface area contributed by atoms with Crippen molar-refractivity contribution in [3.05, 3.63) is 71.8 Å². The number of aliphatic hydroxyl groups is 1. The maximum atomic E-state index is 12.4. The molecule has 1 aliphatic carbocycles. The van der Waals surface area contributed by atoms with E-state index in [0.717, 1.165) is 11.1 Å². The van der Waals surface area contributed by atoms with Gasteiger partial charge in [0.25, 0.3) is 0 Å². The second kappa shape index (κ2) is 10.8. The SMILES string of the molecule is C[C@H](NC(=O)OCc1ccccc1)C(=O)NC[C@@H]1[C@H]2CO[C@H](OCc3ccccc3)[C@H](O)[C@@H]12. The van der Waals surface area contributed by atoms with Crippen molar-refractivity contribution < 1.29 is 28.9 Å². The summed E-state index contributed by atoms with van der Waals surface area (Å²) in [6.07, 6.45) is -2.06. The van der Waals surface area contributed by atoms with Crippen LogP contribution in [0.3, 0.4) is 0 Å². The molecule has 4 rings (SSSR count). The first-order valence-corrected chi connectivity index (χ1v) is 11.2. The maximum Gasteiger partial charge on any atom is 0.408 e. The Hall–Kier alpha value is -2.94. The Morgan fingerprint density at radius 2 is 1.70 bits per heavy atom. The highest BCUT2D eigenvalue weighted by atomic mass is 16.7. The maximum absolute atomic E-state index is 12.4. The van der Waals surface area contributed by atoms with Gasteiger partial charge in [-0.2, -0.15) is 0 Å². The number of aliphatic hydroxyl groups excluding tert-OH is 1. The highest BCUT2D eigenvalue weighted by Crippen LogP contribution is 2.52. The number of hydrogen-bond acceptors (Lipinski definition) is 6. The van der Waals surface area contributed by atoms with Crippen LogP contribution >= 0.6 is 0 Å². The van der Waals surface area contributed by atoms with Gasteiger partial charge in [0.05, 0.1) is 13.2 Å². The molecule has 1 saturated carbocycles. The van der Waals surface area contributed by atoms with Crippen LogP contribution in [0.1, 0.15) is 18.1 Å². The van der Waals surface area contributed by atoms with Crippen molar-refractivity contribution in [1.82, 2.24) is 10.6 Å². The zero-order valence-electron chi connectivity index (χ0n) is 18.6. The van der Waals surface area contributed by atoms with Crippen LogP contribution in [0.2, 0.25) is 0 Å². The molecular formula is C25H30N2O6. The number of fused-ring (bicyclic) bond motifs is 1. The molecule has 1 heterocycles. The number of hydrogen-bond donors (Lipinski definition) is 3. The van der Waals surface area contributed by atoms with Gasteiger partial charge in [0, 0.05) is 12.5 Å². The van der Waals surface area contributed by atoms with Gasteiger partial charge in [-0.3, -0.25) is 4.79 Å². The van der Waals surface area contributed by atoms with Crippen LogP contribution < -0.4 is 10.6 Å². The third-order valence-corrected chi connectivity index (χ3v) is 6.23. The molecule has 2 amide bonds. The Morgan fingerprint density at radius 3 is 2.36 bits per heavy atom. The number of carbonyl (C=O) groups excluding carboxylic acids is 2. The van der Waals surface area contributed by atoms with Crippen molar-refractivity contribution >= 4 is 12.0 Å². The highest BCUT2D eigenvalue weighted by Gasteiger charge is 2.59. The van der Waals surface area contributed by atoms with Crippen LogP contribution in [0.15, 0.2) is 60.7 Å². The molecule has 2 fully saturated rings. The molecule has 2 aromatic carbocycles. The first-order valence-electron chi connectivity index (χ1n) is 11.2. The fraction of sp³-hybridized carbons (Fsp3) is 0.440. The summed E-state index contributed by atoms with van der Waals surface area (Å²) >= 11 is 0. The lowest BCUT2D eigenvalue weighted by atomic mass is 10.1. The number of nitrogens with one attached hydrogen (secondary N) is 2. The van der Waals surface area contributed by atoms with Crippen molar-refractivity contribution in [1.29, 1.82) is 0 Å². The Morgan fingerprint density at radius 1 is 1.06 bits per heavy atom. The van der Waals surface area contributed by atoms with Gasteiger partial charge in [-0.15, -0.1) is 0 Å². The summed E-state index contributed by atoms with van der Waals surface area (Å²) in [5.74, 6) is 0.0315. The summed E-state index contributed by atoms with van der Waals surface area (Å²) in [6.45, 7) is 3.00. The van der Waals surface area contributed by atoms with E-state index >= 15 is 0 Å². The number of benzene rings is 2. The monoisotopic (exact) mass is 454 g/mol. The fourth-order valence-corrected chi connectivity index (χ4v) is 4.27. The average molecular weight is 455 g/mol. The number of rotatable bonds is 9. The molecule has 0 aromatic heterocycles. The van der Waals surface area contributed by atoms with Crippen LogP contribution in [0.5, 0.6) is 0 Å². The lowest BCUT2D eigenvalue weighted by molar-refractivity contribution is -0.223. The molecule has 2 aliphatic rings. The minimum Gasteiger partial charge on any atom is -0.445 e. The van der Waals surface area contributed by atoms with Crippen LogP contribution in [0, 0.1) is 17.8 Å². The Labute approximate surface area is 193 Å². The Bertz CT molecular complexity index is 925. The van der Waals surface area contributed by atoms with Crippen molar-refractivity contribution in [3.8, 4) is 0 Å². The molecular weight excluding hydrogens is 424 g/mol. The van der Waals surface area contributed by atoms with E-state index in [0.29, 0.717) is 19.8 Å². The zero-order chi connectivity index (χ0) is 23.2. The molecule has 33 heavy (non-hydrogen) atoms. The van der Waals surface area contributed by atoms with E-state index < -0.39 is 24.5 Å². The standard InChI is InChI=1S/C25H30N2O6/c1-16(27-25(30)33-14-18-10-6-3-7-11-18)23(29)26-12-19-20-15-32-24(22(28)21(19)20)31-13-17-8-4-2-5-9-17/h2-11,16,19-22,24,28H,12-15H2,1H3,(H,26,29)(H,27,30)/t16-,19+,20+,21-,22+,24-/m0/s1. The van der Waals surface area contributed by atoms with E-state index in [-0.39, 0.29) is 30.3 Å². The third kappa shape index (κ3) is 6.10. The van der Waals surface area contributed by atoms with Crippen molar-refractivity contribution in [2.45, 2.75) is 38.6 Å². The zero-order valence-corrected chi connectivity index (χ0v) is 18.6. The summed E-state index contributed by atoms with van der Waals surface area (Å²) in [6, 6.07) is 18.3. The van der Waals surface area contributed by atoms with Crippen molar-refractivity contribution in [2.24, 2.45) is 17.8 Å². The van der Waals surface area contributed by atoms with Crippen LogP contribution in [-0.4, -0.2) is 48.7 Å². The van der Waals surface area contributed by atoms with E-state index in [9.17, 15) is 14.7 Å². The second-order valence-electron chi connectivity index (χ2n) is 8.57.